The number of benzene rings is 5. The number of rotatable bonds is 4. The molecule has 8 rings (SSSR count). The van der Waals surface area contributed by atoms with E-state index in [4.69, 9.17) is 8.83 Å². The maximum absolute atomic E-state index is 6.53. The number of para-hydroxylation sites is 4. The predicted octanol–water partition coefficient (Wildman–Crippen LogP) is 11.3. The zero-order valence-electron chi connectivity index (χ0n) is 22.3. The summed E-state index contributed by atoms with van der Waals surface area (Å²) in [5.41, 5.74) is 10.2. The van der Waals surface area contributed by atoms with E-state index in [2.05, 4.69) is 107 Å². The molecule has 5 aromatic carbocycles. The van der Waals surface area contributed by atoms with Crippen molar-refractivity contribution in [3.05, 3.63) is 132 Å². The smallest absolute Gasteiger partial charge is 0.149 e. The van der Waals surface area contributed by atoms with E-state index in [0.717, 1.165) is 87.7 Å². The first-order valence-electron chi connectivity index (χ1n) is 13.6. The monoisotopic (exact) mass is 593 g/mol. The highest BCUT2D eigenvalue weighted by Gasteiger charge is 2.24. The van der Waals surface area contributed by atoms with E-state index in [1.54, 1.807) is 0 Å². The van der Waals surface area contributed by atoms with Gasteiger partial charge >= 0.3 is 0 Å². The molecule has 0 atom stereocenters. The Hall–Kier alpha value is -4.80. The Morgan fingerprint density at radius 2 is 1.44 bits per heavy atom. The number of hydrogen-bond acceptors (Lipinski definition) is 2. The highest BCUT2D eigenvalue weighted by molar-refractivity contribution is 9.10. The van der Waals surface area contributed by atoms with Gasteiger partial charge < -0.3 is 13.4 Å². The van der Waals surface area contributed by atoms with Crippen molar-refractivity contribution < 1.29 is 8.83 Å². The molecular formula is C37H24BrNO2. The summed E-state index contributed by atoms with van der Waals surface area (Å²) < 4.78 is 16.3. The van der Waals surface area contributed by atoms with Crippen LogP contribution in [0.5, 0.6) is 0 Å². The van der Waals surface area contributed by atoms with Crippen LogP contribution in [0.3, 0.4) is 0 Å². The van der Waals surface area contributed by atoms with Crippen molar-refractivity contribution in [2.45, 2.75) is 6.92 Å². The molecular weight excluding hydrogens is 570 g/mol. The predicted molar refractivity (Wildman–Crippen MR) is 174 cm³/mol. The molecule has 0 bridgehead atoms. The molecule has 3 nitrogen and oxygen atoms in total. The topological polar surface area (TPSA) is 31.2 Å². The van der Waals surface area contributed by atoms with Gasteiger partial charge in [0, 0.05) is 49.6 Å². The molecule has 0 saturated carbocycles. The van der Waals surface area contributed by atoms with Crippen LogP contribution < -0.4 is 0 Å². The third-order valence-electron chi connectivity index (χ3n) is 8.07. The number of aromatic nitrogens is 1. The largest absolute Gasteiger partial charge is 0.455 e. The average molecular weight is 595 g/mol. The Bertz CT molecular complexity index is 2300. The van der Waals surface area contributed by atoms with Crippen LogP contribution in [0.25, 0.3) is 78.0 Å². The van der Waals surface area contributed by atoms with Crippen molar-refractivity contribution in [1.29, 1.82) is 0 Å². The maximum Gasteiger partial charge on any atom is 0.149 e. The van der Waals surface area contributed by atoms with Crippen molar-refractivity contribution >= 4 is 65.8 Å². The second-order valence-electron chi connectivity index (χ2n) is 10.3. The van der Waals surface area contributed by atoms with Crippen LogP contribution in [-0.4, -0.2) is 4.57 Å². The van der Waals surface area contributed by atoms with Crippen molar-refractivity contribution in [2.75, 3.05) is 0 Å². The van der Waals surface area contributed by atoms with Crippen LogP contribution in [0.1, 0.15) is 11.3 Å². The molecule has 0 aliphatic carbocycles. The molecule has 3 aromatic heterocycles. The highest BCUT2D eigenvalue weighted by Crippen LogP contribution is 2.44. The second kappa shape index (κ2) is 9.12. The van der Waals surface area contributed by atoms with Crippen LogP contribution in [0, 0.1) is 6.92 Å². The minimum atomic E-state index is 0.843. The molecule has 0 aliphatic rings. The van der Waals surface area contributed by atoms with Gasteiger partial charge in [-0.05, 0) is 58.7 Å². The Kier molecular flexibility index (Phi) is 5.34. The lowest BCUT2D eigenvalue weighted by Gasteiger charge is -2.10. The van der Waals surface area contributed by atoms with Crippen LogP contribution >= 0.6 is 15.9 Å². The zero-order chi connectivity index (χ0) is 27.7. The number of fused-ring (bicyclic) bond motifs is 5. The standard InChI is InChI=1S/C37H24BrNO2/c1-3-25-27-13-7-8-18-33(27)40-37(25)34-22(2)39(24-11-5-4-6-12-24)32-21-23(19-20-30(32)34)26-14-9-15-28-29-16-10-17-31(38)36(29)41-35(26)28/h3-21H,1H2,2H3. The molecule has 0 aliphatic heterocycles. The Morgan fingerprint density at radius 3 is 2.27 bits per heavy atom. The molecule has 196 valence electrons. The number of nitrogens with zero attached hydrogens (tertiary/aromatic N) is 1. The first-order valence-corrected chi connectivity index (χ1v) is 14.4. The summed E-state index contributed by atoms with van der Waals surface area (Å²) in [6.45, 7) is 6.31. The maximum atomic E-state index is 6.53. The second-order valence-corrected chi connectivity index (χ2v) is 11.2. The fourth-order valence-corrected chi connectivity index (χ4v) is 6.69. The van der Waals surface area contributed by atoms with Crippen LogP contribution in [0.2, 0.25) is 0 Å². The van der Waals surface area contributed by atoms with Crippen LogP contribution in [0.4, 0.5) is 0 Å². The van der Waals surface area contributed by atoms with E-state index in [9.17, 15) is 0 Å². The average Bonchev–Trinajstić information content (AvgIpc) is 3.66. The van der Waals surface area contributed by atoms with Crippen molar-refractivity contribution in [1.82, 2.24) is 4.57 Å². The molecule has 8 aromatic rings. The highest BCUT2D eigenvalue weighted by atomic mass is 79.9. The summed E-state index contributed by atoms with van der Waals surface area (Å²) in [5, 5.41) is 4.39. The van der Waals surface area contributed by atoms with Crippen molar-refractivity contribution in [3.8, 4) is 28.1 Å². The van der Waals surface area contributed by atoms with Gasteiger partial charge in [0.2, 0.25) is 0 Å². The normalized spacial score (nSPS) is 11.8. The van der Waals surface area contributed by atoms with E-state index in [0.29, 0.717) is 0 Å². The molecule has 0 unspecified atom stereocenters. The molecule has 0 spiro atoms. The lowest BCUT2D eigenvalue weighted by atomic mass is 9.99. The molecule has 3 heterocycles. The van der Waals surface area contributed by atoms with Gasteiger partial charge in [-0.2, -0.15) is 0 Å². The number of halogens is 1. The zero-order valence-corrected chi connectivity index (χ0v) is 23.9. The quantitative estimate of drug-likeness (QED) is 0.203. The Morgan fingerprint density at radius 1 is 0.707 bits per heavy atom. The lowest BCUT2D eigenvalue weighted by molar-refractivity contribution is 0.631. The van der Waals surface area contributed by atoms with Gasteiger partial charge in [-0.25, -0.2) is 0 Å². The SMILES string of the molecule is C=Cc1c(-c2c(C)n(-c3ccccc3)c3cc(-c4cccc5c4oc4c(Br)cccc45)ccc23)oc2ccccc12. The third kappa shape index (κ3) is 3.51. The first kappa shape index (κ1) is 24.0. The van der Waals surface area contributed by atoms with Crippen LogP contribution in [-0.2, 0) is 0 Å². The van der Waals surface area contributed by atoms with Crippen LogP contribution in [0.15, 0.2) is 129 Å². The summed E-state index contributed by atoms with van der Waals surface area (Å²) in [6, 6.07) is 37.9. The molecule has 0 fully saturated rings. The summed E-state index contributed by atoms with van der Waals surface area (Å²) in [4.78, 5) is 0. The van der Waals surface area contributed by atoms with E-state index in [1.807, 2.05) is 42.5 Å². The van der Waals surface area contributed by atoms with E-state index < -0.39 is 0 Å². The lowest BCUT2D eigenvalue weighted by Crippen LogP contribution is -1.96. The van der Waals surface area contributed by atoms with Gasteiger partial charge in [-0.1, -0.05) is 91.5 Å². The van der Waals surface area contributed by atoms with Gasteiger partial charge in [0.25, 0.3) is 0 Å². The first-order chi connectivity index (χ1) is 20.1. The minimum absolute atomic E-state index is 0.843. The van der Waals surface area contributed by atoms with Gasteiger partial charge in [0.1, 0.15) is 22.5 Å². The third-order valence-corrected chi connectivity index (χ3v) is 8.70. The minimum Gasteiger partial charge on any atom is -0.455 e. The molecule has 0 N–H and O–H groups in total. The summed E-state index contributed by atoms with van der Waals surface area (Å²) in [7, 11) is 0. The van der Waals surface area contributed by atoms with Crippen molar-refractivity contribution in [3.63, 3.8) is 0 Å². The summed E-state index contributed by atoms with van der Waals surface area (Å²) >= 11 is 3.67. The fraction of sp³-hybridized carbons (Fsp3) is 0.0270. The van der Waals surface area contributed by atoms with E-state index in [1.165, 1.54) is 0 Å². The fourth-order valence-electron chi connectivity index (χ4n) is 6.25. The van der Waals surface area contributed by atoms with Gasteiger partial charge in [0.15, 0.2) is 0 Å². The van der Waals surface area contributed by atoms with E-state index >= 15 is 0 Å². The van der Waals surface area contributed by atoms with Gasteiger partial charge in [-0.15, -0.1) is 0 Å². The molecule has 0 saturated heterocycles. The summed E-state index contributed by atoms with van der Waals surface area (Å²) in [6.07, 6.45) is 1.90. The van der Waals surface area contributed by atoms with E-state index in [-0.39, 0.29) is 0 Å². The van der Waals surface area contributed by atoms with Gasteiger partial charge in [0.05, 0.1) is 9.99 Å². The van der Waals surface area contributed by atoms with Crippen molar-refractivity contribution in [2.24, 2.45) is 0 Å². The number of hydrogen-bond donors (Lipinski definition) is 0. The Balaban J connectivity index is 1.44. The molecule has 0 amide bonds. The number of furan rings is 2. The van der Waals surface area contributed by atoms with Gasteiger partial charge in [-0.3, -0.25) is 0 Å². The Labute approximate surface area is 245 Å². The molecule has 4 heteroatoms. The summed E-state index contributed by atoms with van der Waals surface area (Å²) in [5.74, 6) is 0.843. The molecule has 0 radical (unpaired) electrons. The molecule has 41 heavy (non-hydrogen) atoms.